The van der Waals surface area contributed by atoms with Crippen LogP contribution in [0.2, 0.25) is 0 Å². The van der Waals surface area contributed by atoms with Gasteiger partial charge in [0, 0.05) is 18.8 Å². The maximum atomic E-state index is 12.5. The topological polar surface area (TPSA) is 49.9 Å². The molecule has 0 radical (unpaired) electrons. The van der Waals surface area contributed by atoms with Gasteiger partial charge in [0.1, 0.15) is 11.1 Å². The van der Waals surface area contributed by atoms with Crippen molar-refractivity contribution in [3.63, 3.8) is 0 Å². The van der Waals surface area contributed by atoms with Crippen LogP contribution in [0.3, 0.4) is 0 Å². The Morgan fingerprint density at radius 3 is 2.46 bits per heavy atom. The number of hydrogen-bond donors (Lipinski definition) is 0. The first-order valence-electron chi connectivity index (χ1n) is 8.01. The number of amides is 2. The SMILES string of the molecule is COc1ccc(N2C(=O)CSC23CCN(C(=O)C(C)Cl)CC3)cc1. The third-order valence-corrected chi connectivity index (χ3v) is 6.35. The van der Waals surface area contributed by atoms with Crippen LogP contribution < -0.4 is 9.64 Å². The predicted molar refractivity (Wildman–Crippen MR) is 96.8 cm³/mol. The molecule has 2 aliphatic heterocycles. The fourth-order valence-electron chi connectivity index (χ4n) is 3.36. The van der Waals surface area contributed by atoms with Crippen molar-refractivity contribution < 1.29 is 14.3 Å². The number of piperidine rings is 1. The second kappa shape index (κ2) is 6.84. The quantitative estimate of drug-likeness (QED) is 0.770. The standard InChI is InChI=1S/C17H21ClN2O3S/c1-12(18)16(22)19-9-7-17(8-10-19)20(15(21)11-24-17)13-3-5-14(23-2)6-4-13/h3-6,12H,7-11H2,1-2H3. The molecular formula is C17H21ClN2O3S. The Balaban J connectivity index is 1.79. The molecule has 0 saturated carbocycles. The lowest BCUT2D eigenvalue weighted by atomic mass is 10.0. The van der Waals surface area contributed by atoms with Crippen molar-refractivity contribution in [3.05, 3.63) is 24.3 Å². The first kappa shape index (κ1) is 17.4. The van der Waals surface area contributed by atoms with E-state index in [9.17, 15) is 9.59 Å². The minimum absolute atomic E-state index is 0.0307. The van der Waals surface area contributed by atoms with Gasteiger partial charge in [-0.2, -0.15) is 0 Å². The highest BCUT2D eigenvalue weighted by Gasteiger charge is 2.49. The molecule has 24 heavy (non-hydrogen) atoms. The Kier molecular flexibility index (Phi) is 4.97. The van der Waals surface area contributed by atoms with Crippen LogP contribution in [-0.4, -0.2) is 52.9 Å². The second-order valence-corrected chi connectivity index (χ2v) is 8.10. The number of ether oxygens (including phenoxy) is 1. The van der Waals surface area contributed by atoms with Crippen molar-refractivity contribution in [2.24, 2.45) is 0 Å². The van der Waals surface area contributed by atoms with Crippen LogP contribution in [-0.2, 0) is 9.59 Å². The average molecular weight is 369 g/mol. The van der Waals surface area contributed by atoms with Gasteiger partial charge in [0.15, 0.2) is 0 Å². The van der Waals surface area contributed by atoms with Crippen LogP contribution in [0.15, 0.2) is 24.3 Å². The molecule has 2 fully saturated rings. The Morgan fingerprint density at radius 1 is 1.29 bits per heavy atom. The van der Waals surface area contributed by atoms with E-state index >= 15 is 0 Å². The monoisotopic (exact) mass is 368 g/mol. The molecule has 5 nitrogen and oxygen atoms in total. The number of carbonyl (C=O) groups excluding carboxylic acids is 2. The number of thioether (sulfide) groups is 1. The number of anilines is 1. The number of benzene rings is 1. The largest absolute Gasteiger partial charge is 0.497 e. The molecule has 2 saturated heterocycles. The van der Waals surface area contributed by atoms with Crippen LogP contribution in [0.4, 0.5) is 5.69 Å². The van der Waals surface area contributed by atoms with Crippen molar-refractivity contribution in [1.29, 1.82) is 0 Å². The molecule has 2 aliphatic rings. The Morgan fingerprint density at radius 2 is 1.92 bits per heavy atom. The normalized spacial score (nSPS) is 21.2. The number of likely N-dealkylation sites (tertiary alicyclic amines) is 1. The summed E-state index contributed by atoms with van der Waals surface area (Å²) in [6.45, 7) is 2.96. The van der Waals surface area contributed by atoms with Crippen LogP contribution >= 0.6 is 23.4 Å². The van der Waals surface area contributed by atoms with Crippen molar-refractivity contribution in [2.75, 3.05) is 30.9 Å². The van der Waals surface area contributed by atoms with Gasteiger partial charge in [-0.1, -0.05) is 0 Å². The molecular weight excluding hydrogens is 348 g/mol. The second-order valence-electron chi connectivity index (χ2n) is 6.10. The zero-order valence-electron chi connectivity index (χ0n) is 13.8. The first-order valence-corrected chi connectivity index (χ1v) is 9.43. The maximum absolute atomic E-state index is 12.5. The molecule has 1 unspecified atom stereocenters. The summed E-state index contributed by atoms with van der Waals surface area (Å²) < 4.78 is 5.19. The van der Waals surface area contributed by atoms with Crippen molar-refractivity contribution in [3.8, 4) is 5.75 Å². The molecule has 0 aromatic heterocycles. The molecule has 2 amide bonds. The van der Waals surface area contributed by atoms with E-state index in [-0.39, 0.29) is 16.7 Å². The number of rotatable bonds is 3. The van der Waals surface area contributed by atoms with E-state index in [0.29, 0.717) is 18.8 Å². The molecule has 1 aromatic carbocycles. The van der Waals surface area contributed by atoms with E-state index in [4.69, 9.17) is 16.3 Å². The lowest BCUT2D eigenvalue weighted by Gasteiger charge is -2.44. The molecule has 1 atom stereocenters. The van der Waals surface area contributed by atoms with Crippen molar-refractivity contribution in [1.82, 2.24) is 4.90 Å². The third-order valence-electron chi connectivity index (χ3n) is 4.65. The van der Waals surface area contributed by atoms with E-state index in [1.54, 1.807) is 30.7 Å². The lowest BCUT2D eigenvalue weighted by Crippen LogP contribution is -2.54. The average Bonchev–Trinajstić information content (AvgIpc) is 2.91. The van der Waals surface area contributed by atoms with Gasteiger partial charge < -0.3 is 9.64 Å². The Bertz CT molecular complexity index is 627. The van der Waals surface area contributed by atoms with Crippen molar-refractivity contribution >= 4 is 40.9 Å². The molecule has 2 heterocycles. The number of hydrogen-bond acceptors (Lipinski definition) is 4. The molecule has 3 rings (SSSR count). The summed E-state index contributed by atoms with van der Waals surface area (Å²) in [6.07, 6.45) is 1.51. The van der Waals surface area contributed by atoms with Gasteiger partial charge >= 0.3 is 0 Å². The van der Waals surface area contributed by atoms with E-state index < -0.39 is 5.38 Å². The number of methoxy groups -OCH3 is 1. The highest BCUT2D eigenvalue weighted by Crippen LogP contribution is 2.47. The summed E-state index contributed by atoms with van der Waals surface area (Å²) in [6, 6.07) is 7.58. The summed E-state index contributed by atoms with van der Waals surface area (Å²) in [4.78, 5) is 28.0. The zero-order chi connectivity index (χ0) is 17.3. The highest BCUT2D eigenvalue weighted by atomic mass is 35.5. The summed E-state index contributed by atoms with van der Waals surface area (Å²) >= 11 is 7.60. The van der Waals surface area contributed by atoms with Crippen molar-refractivity contribution in [2.45, 2.75) is 30.0 Å². The highest BCUT2D eigenvalue weighted by molar-refractivity contribution is 8.02. The fraction of sp³-hybridized carbons (Fsp3) is 0.529. The first-order chi connectivity index (χ1) is 11.5. The Hall–Kier alpha value is -1.40. The fourth-order valence-corrected chi connectivity index (χ4v) is 4.83. The van der Waals surface area contributed by atoms with Gasteiger partial charge in [0.05, 0.1) is 17.7 Å². The van der Waals surface area contributed by atoms with Crippen LogP contribution in [0, 0.1) is 0 Å². The van der Waals surface area contributed by atoms with Gasteiger partial charge in [0.25, 0.3) is 0 Å². The number of halogens is 1. The van der Waals surface area contributed by atoms with E-state index in [1.165, 1.54) is 0 Å². The maximum Gasteiger partial charge on any atom is 0.240 e. The molecule has 0 aliphatic carbocycles. The molecule has 1 aromatic rings. The van der Waals surface area contributed by atoms with Gasteiger partial charge in [-0.05, 0) is 44.0 Å². The molecule has 0 bridgehead atoms. The molecule has 130 valence electrons. The smallest absolute Gasteiger partial charge is 0.240 e. The number of nitrogens with zero attached hydrogens (tertiary/aromatic N) is 2. The number of alkyl halides is 1. The summed E-state index contributed by atoms with van der Waals surface area (Å²) in [7, 11) is 1.62. The van der Waals surface area contributed by atoms with Gasteiger partial charge in [-0.15, -0.1) is 23.4 Å². The minimum Gasteiger partial charge on any atom is -0.497 e. The minimum atomic E-state index is -0.505. The molecule has 0 N–H and O–H groups in total. The van der Waals surface area contributed by atoms with Crippen LogP contribution in [0.1, 0.15) is 19.8 Å². The molecule has 7 heteroatoms. The van der Waals surface area contributed by atoms with E-state index in [1.807, 2.05) is 29.2 Å². The summed E-state index contributed by atoms with van der Waals surface area (Å²) in [5, 5.41) is -0.505. The zero-order valence-corrected chi connectivity index (χ0v) is 15.4. The van der Waals surface area contributed by atoms with Gasteiger partial charge in [-0.25, -0.2) is 0 Å². The van der Waals surface area contributed by atoms with Crippen LogP contribution in [0.25, 0.3) is 0 Å². The summed E-state index contributed by atoms with van der Waals surface area (Å²) in [5.74, 6) is 1.34. The van der Waals surface area contributed by atoms with E-state index in [2.05, 4.69) is 0 Å². The van der Waals surface area contributed by atoms with Gasteiger partial charge in [-0.3, -0.25) is 14.5 Å². The predicted octanol–water partition coefficient (Wildman–Crippen LogP) is 2.72. The number of carbonyl (C=O) groups is 2. The van der Waals surface area contributed by atoms with E-state index in [0.717, 1.165) is 24.3 Å². The van der Waals surface area contributed by atoms with Crippen LogP contribution in [0.5, 0.6) is 5.75 Å². The third kappa shape index (κ3) is 3.09. The molecule has 1 spiro atoms. The van der Waals surface area contributed by atoms with Gasteiger partial charge in [0.2, 0.25) is 11.8 Å². The lowest BCUT2D eigenvalue weighted by molar-refractivity contribution is -0.131. The Labute approximate surface area is 151 Å². The summed E-state index contributed by atoms with van der Waals surface area (Å²) in [5.41, 5.74) is 0.885.